The van der Waals surface area contributed by atoms with E-state index in [1.54, 1.807) is 11.8 Å². The van der Waals surface area contributed by atoms with Crippen LogP contribution in [0.15, 0.2) is 64.0 Å². The summed E-state index contributed by atoms with van der Waals surface area (Å²) in [6.07, 6.45) is 4.95. The van der Waals surface area contributed by atoms with Crippen LogP contribution >= 0.6 is 27.7 Å². The highest BCUT2D eigenvalue weighted by Crippen LogP contribution is 2.22. The van der Waals surface area contributed by atoms with Crippen molar-refractivity contribution in [2.24, 2.45) is 0 Å². The van der Waals surface area contributed by atoms with E-state index in [-0.39, 0.29) is 6.42 Å². The topological polar surface area (TPSA) is 50.2 Å². The van der Waals surface area contributed by atoms with Crippen LogP contribution in [0.4, 0.5) is 0 Å². The van der Waals surface area contributed by atoms with Gasteiger partial charge in [0.15, 0.2) is 0 Å². The maximum atomic E-state index is 10.6. The quantitative estimate of drug-likeness (QED) is 0.364. The molecule has 3 nitrogen and oxygen atoms in total. The lowest BCUT2D eigenvalue weighted by atomic mass is 10.1. The molecule has 2 aromatic carbocycles. The molecule has 0 spiro atoms. The van der Waals surface area contributed by atoms with E-state index >= 15 is 0 Å². The zero-order valence-corrected chi connectivity index (χ0v) is 16.5. The molecule has 0 aliphatic rings. The van der Waals surface area contributed by atoms with E-state index < -0.39 is 5.97 Å². The fourth-order valence-electron chi connectivity index (χ4n) is 2.50. The molecule has 3 rings (SSSR count). The average molecular weight is 428 g/mol. The fraction of sp³-hybridized carbons (Fsp3) is 0.143. The van der Waals surface area contributed by atoms with Crippen LogP contribution < -0.4 is 0 Å². The molecule has 0 amide bonds. The van der Waals surface area contributed by atoms with Crippen molar-refractivity contribution in [2.45, 2.75) is 17.7 Å². The van der Waals surface area contributed by atoms with E-state index in [1.165, 1.54) is 0 Å². The number of halogens is 1. The SMILES string of the molecule is O=C(O)CCCSc1cccc(C=Cc2ccc3ccc(Br)cc3n2)c1. The number of nitrogens with zero attached hydrogens (tertiary/aromatic N) is 1. The van der Waals surface area contributed by atoms with Crippen LogP contribution in [-0.4, -0.2) is 21.8 Å². The number of aliphatic carboxylic acids is 1. The van der Waals surface area contributed by atoms with Gasteiger partial charge in [0.25, 0.3) is 0 Å². The Hall–Kier alpha value is -2.11. The van der Waals surface area contributed by atoms with Gasteiger partial charge in [-0.05, 0) is 54.1 Å². The van der Waals surface area contributed by atoms with E-state index in [4.69, 9.17) is 5.11 Å². The fourth-order valence-corrected chi connectivity index (χ4v) is 3.77. The first-order chi connectivity index (χ1) is 12.6. The predicted molar refractivity (Wildman–Crippen MR) is 112 cm³/mol. The van der Waals surface area contributed by atoms with Crippen molar-refractivity contribution in [2.75, 3.05) is 5.75 Å². The molecular formula is C21H18BrNO2S. The molecule has 1 N–H and O–H groups in total. The number of rotatable bonds is 7. The van der Waals surface area contributed by atoms with Gasteiger partial charge in [0.1, 0.15) is 0 Å². The van der Waals surface area contributed by atoms with E-state index in [0.717, 1.165) is 37.3 Å². The number of carboxylic acid groups (broad SMARTS) is 1. The molecule has 3 aromatic rings. The Labute approximate surface area is 165 Å². The predicted octanol–water partition coefficient (Wildman–Crippen LogP) is 6.12. The molecule has 0 fully saturated rings. The highest BCUT2D eigenvalue weighted by atomic mass is 79.9. The minimum atomic E-state index is -0.739. The van der Waals surface area contributed by atoms with Crippen molar-refractivity contribution in [3.8, 4) is 0 Å². The molecule has 0 saturated heterocycles. The zero-order valence-electron chi connectivity index (χ0n) is 14.1. The van der Waals surface area contributed by atoms with Crippen molar-refractivity contribution in [1.82, 2.24) is 4.98 Å². The van der Waals surface area contributed by atoms with Crippen molar-refractivity contribution in [1.29, 1.82) is 0 Å². The summed E-state index contributed by atoms with van der Waals surface area (Å²) in [4.78, 5) is 16.4. The summed E-state index contributed by atoms with van der Waals surface area (Å²) in [5, 5.41) is 9.80. The third kappa shape index (κ3) is 5.44. The second-order valence-electron chi connectivity index (χ2n) is 5.82. The molecule has 0 unspecified atom stereocenters. The number of carboxylic acids is 1. The van der Waals surface area contributed by atoms with E-state index in [9.17, 15) is 4.79 Å². The lowest BCUT2D eigenvalue weighted by Gasteiger charge is -2.03. The largest absolute Gasteiger partial charge is 0.481 e. The van der Waals surface area contributed by atoms with Gasteiger partial charge in [0.2, 0.25) is 0 Å². The van der Waals surface area contributed by atoms with Crippen LogP contribution in [0.1, 0.15) is 24.1 Å². The van der Waals surface area contributed by atoms with Crippen LogP contribution in [0, 0.1) is 0 Å². The second-order valence-corrected chi connectivity index (χ2v) is 7.91. The summed E-state index contributed by atoms with van der Waals surface area (Å²) in [5.41, 5.74) is 2.98. The maximum Gasteiger partial charge on any atom is 0.303 e. The molecule has 0 aliphatic carbocycles. The Morgan fingerprint density at radius 2 is 1.96 bits per heavy atom. The number of aromatic nitrogens is 1. The summed E-state index contributed by atoms with van der Waals surface area (Å²) < 4.78 is 1.02. The molecule has 0 bridgehead atoms. The van der Waals surface area contributed by atoms with E-state index in [1.807, 2.05) is 42.5 Å². The number of hydrogen-bond acceptors (Lipinski definition) is 3. The molecule has 132 valence electrons. The number of pyridine rings is 1. The van der Waals surface area contributed by atoms with Crippen LogP contribution in [-0.2, 0) is 4.79 Å². The van der Waals surface area contributed by atoms with Gasteiger partial charge >= 0.3 is 5.97 Å². The van der Waals surface area contributed by atoms with Crippen molar-refractivity contribution >= 4 is 56.7 Å². The number of hydrogen-bond donors (Lipinski definition) is 1. The molecule has 0 aliphatic heterocycles. The van der Waals surface area contributed by atoms with Crippen molar-refractivity contribution in [3.05, 3.63) is 70.3 Å². The lowest BCUT2D eigenvalue weighted by molar-refractivity contribution is -0.137. The summed E-state index contributed by atoms with van der Waals surface area (Å²) in [5.74, 6) is 0.0674. The summed E-state index contributed by atoms with van der Waals surface area (Å²) in [7, 11) is 0. The molecule has 0 saturated carbocycles. The van der Waals surface area contributed by atoms with Crippen molar-refractivity contribution in [3.63, 3.8) is 0 Å². The van der Waals surface area contributed by atoms with Crippen LogP contribution in [0.5, 0.6) is 0 Å². The Morgan fingerprint density at radius 3 is 2.81 bits per heavy atom. The van der Waals surface area contributed by atoms with E-state index in [0.29, 0.717) is 6.42 Å². The molecule has 1 aromatic heterocycles. The maximum absolute atomic E-state index is 10.6. The van der Waals surface area contributed by atoms with Crippen LogP contribution in [0.25, 0.3) is 23.1 Å². The molecule has 0 radical (unpaired) electrons. The molecule has 0 atom stereocenters. The Balaban J connectivity index is 1.68. The van der Waals surface area contributed by atoms with Gasteiger partial charge in [-0.15, -0.1) is 11.8 Å². The van der Waals surface area contributed by atoms with Gasteiger partial charge in [-0.2, -0.15) is 0 Å². The molecular weight excluding hydrogens is 410 g/mol. The van der Waals surface area contributed by atoms with Gasteiger partial charge in [-0.1, -0.05) is 46.3 Å². The van der Waals surface area contributed by atoms with Gasteiger partial charge < -0.3 is 5.11 Å². The minimum absolute atomic E-state index is 0.219. The first kappa shape index (κ1) is 18.7. The third-order valence-electron chi connectivity index (χ3n) is 3.78. The van der Waals surface area contributed by atoms with Crippen LogP contribution in [0.3, 0.4) is 0 Å². The monoisotopic (exact) mass is 427 g/mol. The standard InChI is InChI=1S/C21H18BrNO2S/c22-17-9-7-16-8-11-18(23-20(16)14-17)10-6-15-3-1-4-19(13-15)26-12-2-5-21(24)25/h1,3-4,6-11,13-14H,2,5,12H2,(H,24,25). The lowest BCUT2D eigenvalue weighted by Crippen LogP contribution is -1.94. The third-order valence-corrected chi connectivity index (χ3v) is 5.36. The highest BCUT2D eigenvalue weighted by molar-refractivity contribution is 9.10. The van der Waals surface area contributed by atoms with Crippen LogP contribution in [0.2, 0.25) is 0 Å². The first-order valence-corrected chi connectivity index (χ1v) is 10.1. The Kier molecular flexibility index (Phi) is 6.47. The average Bonchev–Trinajstić information content (AvgIpc) is 2.63. The Morgan fingerprint density at radius 1 is 1.12 bits per heavy atom. The minimum Gasteiger partial charge on any atom is -0.481 e. The smallest absolute Gasteiger partial charge is 0.303 e. The number of fused-ring (bicyclic) bond motifs is 1. The van der Waals surface area contributed by atoms with Gasteiger partial charge in [-0.3, -0.25) is 4.79 Å². The van der Waals surface area contributed by atoms with Crippen molar-refractivity contribution < 1.29 is 9.90 Å². The van der Waals surface area contributed by atoms with E-state index in [2.05, 4.69) is 45.2 Å². The molecule has 1 heterocycles. The number of thioether (sulfide) groups is 1. The Bertz CT molecular complexity index is 956. The number of benzene rings is 2. The summed E-state index contributed by atoms with van der Waals surface area (Å²) in [6.45, 7) is 0. The summed E-state index contributed by atoms with van der Waals surface area (Å²) in [6, 6.07) is 18.4. The second kappa shape index (κ2) is 9.01. The van der Waals surface area contributed by atoms with Gasteiger partial charge in [0, 0.05) is 21.2 Å². The highest BCUT2D eigenvalue weighted by Gasteiger charge is 2.00. The molecule has 26 heavy (non-hydrogen) atoms. The van der Waals surface area contributed by atoms with Gasteiger partial charge in [0.05, 0.1) is 11.2 Å². The first-order valence-electron chi connectivity index (χ1n) is 8.29. The summed E-state index contributed by atoms with van der Waals surface area (Å²) >= 11 is 5.17. The zero-order chi connectivity index (χ0) is 18.4. The molecule has 5 heteroatoms. The normalized spacial score (nSPS) is 11.3. The number of carbonyl (C=O) groups is 1. The van der Waals surface area contributed by atoms with Gasteiger partial charge in [-0.25, -0.2) is 4.98 Å².